The highest BCUT2D eigenvalue weighted by Gasteiger charge is 2.40. The number of benzene rings is 3. The number of carbonyl (C=O) groups excluding carboxylic acids is 1. The summed E-state index contributed by atoms with van der Waals surface area (Å²) in [7, 11) is -1.14. The first-order valence-corrected chi connectivity index (χ1v) is 13.6. The van der Waals surface area contributed by atoms with Crippen LogP contribution in [0.4, 0.5) is 5.69 Å². The van der Waals surface area contributed by atoms with Crippen molar-refractivity contribution >= 4 is 22.6 Å². The third-order valence-electron chi connectivity index (χ3n) is 6.92. The molecule has 2 fully saturated rings. The maximum atomic E-state index is 14.0. The number of rotatable bonds is 6. The van der Waals surface area contributed by atoms with E-state index in [9.17, 15) is 9.00 Å². The molecule has 0 radical (unpaired) electrons. The van der Waals surface area contributed by atoms with Gasteiger partial charge in [-0.3, -0.25) is 4.79 Å². The van der Waals surface area contributed by atoms with Crippen LogP contribution in [0.2, 0.25) is 0 Å². The molecule has 182 valence electrons. The molecule has 2 saturated heterocycles. The molecule has 3 aromatic carbocycles. The van der Waals surface area contributed by atoms with E-state index in [1.165, 1.54) is 0 Å². The summed E-state index contributed by atoms with van der Waals surface area (Å²) in [5, 5.41) is 3.48. The van der Waals surface area contributed by atoms with Gasteiger partial charge in [-0.05, 0) is 34.4 Å². The molecule has 0 spiro atoms. The number of morpholine rings is 1. The highest BCUT2D eigenvalue weighted by atomic mass is 32.2. The van der Waals surface area contributed by atoms with Gasteiger partial charge in [-0.25, -0.2) is 4.21 Å². The van der Waals surface area contributed by atoms with Crippen LogP contribution >= 0.6 is 0 Å². The van der Waals surface area contributed by atoms with Crippen LogP contribution in [0.25, 0.3) is 11.1 Å². The molecule has 2 N–H and O–H groups in total. The van der Waals surface area contributed by atoms with Crippen LogP contribution in [0.1, 0.15) is 23.1 Å². The molecule has 1 unspecified atom stereocenters. The van der Waals surface area contributed by atoms with Crippen molar-refractivity contribution in [3.63, 3.8) is 0 Å². The lowest BCUT2D eigenvalue weighted by Crippen LogP contribution is -2.47. The van der Waals surface area contributed by atoms with Gasteiger partial charge in [-0.1, -0.05) is 66.7 Å². The number of carbonyl (C=O) groups is 1. The van der Waals surface area contributed by atoms with Gasteiger partial charge < -0.3 is 19.7 Å². The molecule has 3 aromatic rings. The number of anilines is 1. The lowest BCUT2D eigenvalue weighted by molar-refractivity contribution is -0.144. The first-order chi connectivity index (χ1) is 17.1. The van der Waals surface area contributed by atoms with Crippen LogP contribution < -0.4 is 10.0 Å². The number of nitrogens with zero attached hydrogens (tertiary/aromatic N) is 1. The van der Waals surface area contributed by atoms with Crippen molar-refractivity contribution in [1.29, 1.82) is 0 Å². The summed E-state index contributed by atoms with van der Waals surface area (Å²) in [6.07, 6.45) is 1.62. The number of nitrogens with one attached hydrogen (secondary N) is 2. The van der Waals surface area contributed by atoms with E-state index in [-0.39, 0.29) is 23.8 Å². The summed E-state index contributed by atoms with van der Waals surface area (Å²) in [6, 6.07) is 26.4. The van der Waals surface area contributed by atoms with Crippen molar-refractivity contribution in [1.82, 2.24) is 10.2 Å². The Balaban J connectivity index is 1.45. The quantitative estimate of drug-likeness (QED) is 0.550. The third-order valence-corrected chi connectivity index (χ3v) is 7.45. The first-order valence-electron chi connectivity index (χ1n) is 12.0. The highest BCUT2D eigenvalue weighted by Crippen LogP contribution is 2.38. The Labute approximate surface area is 209 Å². The van der Waals surface area contributed by atoms with E-state index in [0.29, 0.717) is 26.3 Å². The van der Waals surface area contributed by atoms with Crippen molar-refractivity contribution in [3.05, 3.63) is 90.0 Å². The molecule has 1 amide bonds. The topological polar surface area (TPSA) is 70.7 Å². The van der Waals surface area contributed by atoms with Crippen LogP contribution in [-0.4, -0.2) is 54.1 Å². The zero-order valence-corrected chi connectivity index (χ0v) is 20.7. The molecule has 0 aliphatic carbocycles. The van der Waals surface area contributed by atoms with Gasteiger partial charge in [0, 0.05) is 37.5 Å². The second kappa shape index (κ2) is 10.7. The molecule has 6 nitrogen and oxygen atoms in total. The Bertz CT molecular complexity index is 1200. The van der Waals surface area contributed by atoms with E-state index < -0.39 is 11.0 Å². The highest BCUT2D eigenvalue weighted by molar-refractivity contribution is 7.85. The zero-order chi connectivity index (χ0) is 24.2. The van der Waals surface area contributed by atoms with Gasteiger partial charge in [0.05, 0.1) is 25.2 Å². The van der Waals surface area contributed by atoms with E-state index in [0.717, 1.165) is 34.5 Å². The summed E-state index contributed by atoms with van der Waals surface area (Å²) in [5.41, 5.74) is 5.24. The van der Waals surface area contributed by atoms with Crippen LogP contribution in [0.3, 0.4) is 0 Å². The number of amides is 1. The molecular formula is C28H31N3O3S. The minimum atomic E-state index is -1.14. The van der Waals surface area contributed by atoms with Crippen LogP contribution in [-0.2, 0) is 20.5 Å². The van der Waals surface area contributed by atoms with E-state index in [4.69, 9.17) is 4.74 Å². The fourth-order valence-corrected chi connectivity index (χ4v) is 5.76. The first kappa shape index (κ1) is 23.7. The number of hydrogen-bond donors (Lipinski definition) is 2. The fourth-order valence-electron chi connectivity index (χ4n) is 5.30. The summed E-state index contributed by atoms with van der Waals surface area (Å²) in [6.45, 7) is 3.10. The second-order valence-electron chi connectivity index (χ2n) is 9.13. The predicted octanol–water partition coefficient (Wildman–Crippen LogP) is 3.96. The van der Waals surface area contributed by atoms with Crippen molar-refractivity contribution in [2.75, 3.05) is 43.8 Å². The maximum Gasteiger partial charge on any atom is 0.228 e. The minimum Gasteiger partial charge on any atom is -0.377 e. The molecule has 0 saturated carbocycles. The van der Waals surface area contributed by atoms with E-state index in [1.54, 1.807) is 6.26 Å². The summed E-state index contributed by atoms with van der Waals surface area (Å²) in [5.74, 6) is 0.101. The summed E-state index contributed by atoms with van der Waals surface area (Å²) in [4.78, 5) is 16.0. The molecular weight excluding hydrogens is 458 g/mol. The van der Waals surface area contributed by atoms with Gasteiger partial charge in [-0.15, -0.1) is 0 Å². The van der Waals surface area contributed by atoms with Crippen molar-refractivity contribution in [2.45, 2.75) is 12.0 Å². The Hall–Kier alpha value is -3.00. The van der Waals surface area contributed by atoms with Crippen LogP contribution in [0.15, 0.2) is 78.9 Å². The largest absolute Gasteiger partial charge is 0.377 e. The van der Waals surface area contributed by atoms with Crippen molar-refractivity contribution in [2.24, 2.45) is 5.92 Å². The fraction of sp³-hybridized carbons (Fsp3) is 0.321. The second-order valence-corrected chi connectivity index (χ2v) is 10.2. The Kier molecular flexibility index (Phi) is 7.27. The molecule has 35 heavy (non-hydrogen) atoms. The zero-order valence-electron chi connectivity index (χ0n) is 19.9. The van der Waals surface area contributed by atoms with Crippen molar-refractivity contribution in [3.8, 4) is 11.1 Å². The van der Waals surface area contributed by atoms with Gasteiger partial charge in [-0.2, -0.15) is 0 Å². The number of hydrogen-bond acceptors (Lipinski definition) is 4. The van der Waals surface area contributed by atoms with Gasteiger partial charge in [0.25, 0.3) is 0 Å². The molecule has 0 aromatic heterocycles. The molecule has 2 aliphatic heterocycles. The van der Waals surface area contributed by atoms with Gasteiger partial charge >= 0.3 is 0 Å². The molecule has 4 atom stereocenters. The lowest BCUT2D eigenvalue weighted by atomic mass is 9.83. The van der Waals surface area contributed by atoms with Gasteiger partial charge in [0.15, 0.2) is 0 Å². The Morgan fingerprint density at radius 1 is 1.03 bits per heavy atom. The summed E-state index contributed by atoms with van der Waals surface area (Å²) < 4.78 is 20.4. The Morgan fingerprint density at radius 3 is 2.66 bits per heavy atom. The SMILES string of the molecule is CS(=O)Nc1cccc(-c2ccccc2[C@@H]2CNC[C@H]2C(=O)N2CCOC[C@@H]2c2ccccc2)c1. The maximum absolute atomic E-state index is 14.0. The number of ether oxygens (including phenoxy) is 1. The van der Waals surface area contributed by atoms with E-state index in [1.807, 2.05) is 53.4 Å². The molecule has 0 bridgehead atoms. The van der Waals surface area contributed by atoms with Gasteiger partial charge in [0.2, 0.25) is 5.91 Å². The Morgan fingerprint density at radius 2 is 1.83 bits per heavy atom. The standard InChI is InChI=1S/C28H31N3O3S/c1-35(33)30-22-11-7-10-21(16-22)23-12-5-6-13-24(23)25-17-29-18-26(25)28(32)31-14-15-34-19-27(31)20-8-3-2-4-9-20/h2-13,16,25-27,29-30H,14-15,17-19H2,1H3/t25-,26+,27+,35?/m0/s1. The predicted molar refractivity (Wildman–Crippen MR) is 140 cm³/mol. The smallest absolute Gasteiger partial charge is 0.228 e. The average Bonchev–Trinajstić information content (AvgIpc) is 3.38. The lowest BCUT2D eigenvalue weighted by Gasteiger charge is -2.38. The monoisotopic (exact) mass is 489 g/mol. The average molecular weight is 490 g/mol. The third kappa shape index (κ3) is 5.17. The molecule has 2 aliphatic rings. The van der Waals surface area contributed by atoms with Gasteiger partial charge in [0.1, 0.15) is 11.0 Å². The van der Waals surface area contributed by atoms with E-state index in [2.05, 4.69) is 40.4 Å². The summed E-state index contributed by atoms with van der Waals surface area (Å²) >= 11 is 0. The van der Waals surface area contributed by atoms with Crippen LogP contribution in [0.5, 0.6) is 0 Å². The minimum absolute atomic E-state index is 0.0633. The van der Waals surface area contributed by atoms with Crippen molar-refractivity contribution < 1.29 is 13.7 Å². The van der Waals surface area contributed by atoms with Crippen LogP contribution in [0, 0.1) is 5.92 Å². The molecule has 2 heterocycles. The molecule has 5 rings (SSSR count). The van der Waals surface area contributed by atoms with E-state index >= 15 is 0 Å². The normalized spacial score (nSPS) is 23.1. The molecule has 7 heteroatoms.